The zero-order valence-corrected chi connectivity index (χ0v) is 24.0. The van der Waals surface area contributed by atoms with Crippen LogP contribution in [-0.2, 0) is 34.5 Å². The minimum absolute atomic E-state index is 0.0310. The van der Waals surface area contributed by atoms with E-state index < -0.39 is 29.9 Å². The molecule has 2 aliphatic heterocycles. The molecule has 0 unspecified atom stereocenters. The van der Waals surface area contributed by atoms with Crippen LogP contribution in [0.4, 0.5) is 8.78 Å². The Bertz CT molecular complexity index is 1370. The van der Waals surface area contributed by atoms with Crippen molar-refractivity contribution in [2.75, 3.05) is 6.54 Å². The van der Waals surface area contributed by atoms with Gasteiger partial charge in [-0.3, -0.25) is 14.4 Å². The van der Waals surface area contributed by atoms with Gasteiger partial charge >= 0.3 is 5.97 Å². The van der Waals surface area contributed by atoms with Crippen molar-refractivity contribution in [1.29, 1.82) is 0 Å². The van der Waals surface area contributed by atoms with Crippen LogP contribution in [0.15, 0.2) is 12.1 Å². The van der Waals surface area contributed by atoms with Crippen LogP contribution < -0.4 is 4.74 Å². The van der Waals surface area contributed by atoms with Crippen LogP contribution in [0.3, 0.4) is 0 Å². The van der Waals surface area contributed by atoms with Gasteiger partial charge in [0.15, 0.2) is 0 Å². The van der Waals surface area contributed by atoms with E-state index in [-0.39, 0.29) is 48.1 Å². The van der Waals surface area contributed by atoms with Gasteiger partial charge in [0.1, 0.15) is 29.9 Å². The molecule has 2 amide bonds. The van der Waals surface area contributed by atoms with Gasteiger partial charge in [0.25, 0.3) is 6.43 Å². The number of aliphatic carboxylic acids is 1. The lowest BCUT2D eigenvalue weighted by molar-refractivity contribution is -0.166. The van der Waals surface area contributed by atoms with Crippen molar-refractivity contribution in [3.8, 4) is 5.75 Å². The second kappa shape index (κ2) is 11.2. The highest BCUT2D eigenvalue weighted by Crippen LogP contribution is 2.48. The van der Waals surface area contributed by atoms with Crippen LogP contribution in [0.5, 0.6) is 5.75 Å². The first-order chi connectivity index (χ1) is 19.5. The number of likely N-dealkylation sites (tertiary alicyclic amines) is 1. The minimum atomic E-state index is -2.81. The molecule has 1 aromatic carbocycles. The number of carboxylic acid groups (broad SMARTS) is 1. The van der Waals surface area contributed by atoms with E-state index in [1.165, 1.54) is 7.05 Å². The number of hydrogen-bond acceptors (Lipinski definition) is 6. The molecule has 10 nitrogen and oxygen atoms in total. The molecular formula is C28H34ClF2N5O5. The van der Waals surface area contributed by atoms with Gasteiger partial charge in [0.2, 0.25) is 11.8 Å². The molecule has 5 rings (SSSR count). The minimum Gasteiger partial charge on any atom is -0.487 e. The van der Waals surface area contributed by atoms with Crippen LogP contribution in [0.1, 0.15) is 87.5 Å². The van der Waals surface area contributed by atoms with Gasteiger partial charge in [-0.1, -0.05) is 29.7 Å². The molecular weight excluding hydrogens is 560 g/mol. The van der Waals surface area contributed by atoms with Gasteiger partial charge in [-0.05, 0) is 57.2 Å². The number of carbonyl (C=O) groups is 3. The van der Waals surface area contributed by atoms with E-state index in [4.69, 9.17) is 16.3 Å². The number of nitrogens with zero attached hydrogens (tertiary/aromatic N) is 5. The number of carbonyl (C=O) groups excluding carboxylic acids is 2. The topological polar surface area (TPSA) is 118 Å². The van der Waals surface area contributed by atoms with E-state index in [0.29, 0.717) is 48.3 Å². The van der Waals surface area contributed by atoms with E-state index in [9.17, 15) is 28.3 Å². The molecule has 1 saturated heterocycles. The lowest BCUT2D eigenvalue weighted by atomic mass is 9.66. The normalized spacial score (nSPS) is 26.4. The number of aromatic nitrogens is 3. The summed E-state index contributed by atoms with van der Waals surface area (Å²) in [4.78, 5) is 43.2. The van der Waals surface area contributed by atoms with E-state index in [1.54, 1.807) is 28.9 Å². The number of rotatable bonds is 7. The van der Waals surface area contributed by atoms with E-state index in [2.05, 4.69) is 10.3 Å². The predicted molar refractivity (Wildman–Crippen MR) is 143 cm³/mol. The van der Waals surface area contributed by atoms with Crippen molar-refractivity contribution in [2.24, 2.45) is 18.4 Å². The van der Waals surface area contributed by atoms with Crippen LogP contribution in [0, 0.1) is 11.3 Å². The molecule has 1 N–H and O–H groups in total. The molecule has 1 aromatic heterocycles. The van der Waals surface area contributed by atoms with Gasteiger partial charge in [-0.25, -0.2) is 13.5 Å². The van der Waals surface area contributed by atoms with Crippen molar-refractivity contribution in [1.82, 2.24) is 24.8 Å². The number of fused-ring (bicyclic) bond motifs is 1. The molecule has 3 heterocycles. The molecule has 222 valence electrons. The third-order valence-electron chi connectivity index (χ3n) is 9.01. The van der Waals surface area contributed by atoms with Gasteiger partial charge in [-0.15, -0.1) is 5.10 Å². The predicted octanol–water partition coefficient (Wildman–Crippen LogP) is 4.66. The second-order valence-electron chi connectivity index (χ2n) is 11.4. The molecule has 4 atom stereocenters. The molecule has 3 aliphatic rings. The summed E-state index contributed by atoms with van der Waals surface area (Å²) in [6.45, 7) is 3.46. The van der Waals surface area contributed by atoms with Gasteiger partial charge < -0.3 is 19.6 Å². The van der Waals surface area contributed by atoms with Crippen molar-refractivity contribution >= 4 is 29.4 Å². The molecule has 2 aromatic rings. The summed E-state index contributed by atoms with van der Waals surface area (Å²) in [6, 6.07) is 3.05. The third kappa shape index (κ3) is 5.04. The lowest BCUT2D eigenvalue weighted by Gasteiger charge is -2.47. The fourth-order valence-corrected chi connectivity index (χ4v) is 6.90. The van der Waals surface area contributed by atoms with Crippen molar-refractivity contribution in [2.45, 2.75) is 84.0 Å². The number of hydrogen-bond donors (Lipinski definition) is 1. The average molecular weight is 594 g/mol. The number of halogens is 3. The Balaban J connectivity index is 1.58. The molecule has 13 heteroatoms. The first-order valence-corrected chi connectivity index (χ1v) is 14.3. The Morgan fingerprint density at radius 2 is 2.00 bits per heavy atom. The molecule has 1 saturated carbocycles. The number of carboxylic acids is 1. The van der Waals surface area contributed by atoms with Crippen molar-refractivity contribution in [3.63, 3.8) is 0 Å². The summed E-state index contributed by atoms with van der Waals surface area (Å²) >= 11 is 6.64. The molecule has 0 bridgehead atoms. The SMILES string of the molecule is C[C@H]1CCC(=O)N1[C@@H]1c2c(OCc3nnn(C)c3C(F)F)ccc(Cl)c2CCN1C(=O)[C@@H]1CCCC[C@]1(C)C(=O)O. The largest absolute Gasteiger partial charge is 0.487 e. The first-order valence-electron chi connectivity index (χ1n) is 13.9. The maximum Gasteiger partial charge on any atom is 0.310 e. The van der Waals surface area contributed by atoms with Crippen molar-refractivity contribution in [3.05, 3.63) is 39.7 Å². The first kappa shape index (κ1) is 29.2. The molecule has 0 spiro atoms. The summed E-state index contributed by atoms with van der Waals surface area (Å²) in [7, 11) is 1.37. The molecule has 41 heavy (non-hydrogen) atoms. The summed E-state index contributed by atoms with van der Waals surface area (Å²) in [5.74, 6) is -1.95. The van der Waals surface area contributed by atoms with E-state index in [0.717, 1.165) is 17.5 Å². The smallest absolute Gasteiger partial charge is 0.310 e. The van der Waals surface area contributed by atoms with Gasteiger partial charge in [-0.2, -0.15) is 0 Å². The fraction of sp³-hybridized carbons (Fsp3) is 0.607. The highest BCUT2D eigenvalue weighted by molar-refractivity contribution is 6.31. The number of amides is 2. The number of alkyl halides is 2. The summed E-state index contributed by atoms with van der Waals surface area (Å²) < 4.78 is 34.4. The van der Waals surface area contributed by atoms with E-state index >= 15 is 0 Å². The van der Waals surface area contributed by atoms with Crippen molar-refractivity contribution < 1.29 is 33.0 Å². The Morgan fingerprint density at radius 3 is 2.66 bits per heavy atom. The van der Waals surface area contributed by atoms with Gasteiger partial charge in [0, 0.05) is 36.6 Å². The van der Waals surface area contributed by atoms with Crippen LogP contribution in [0.25, 0.3) is 0 Å². The average Bonchev–Trinajstić information content (AvgIpc) is 3.47. The monoisotopic (exact) mass is 593 g/mol. The summed E-state index contributed by atoms with van der Waals surface area (Å²) in [5, 5.41) is 18.1. The molecule has 1 aliphatic carbocycles. The van der Waals surface area contributed by atoms with Gasteiger partial charge in [0.05, 0.1) is 11.3 Å². The number of aryl methyl sites for hydroxylation is 1. The standard InChI is InChI=1S/C28H34ClF2N5O5/c1-15-7-10-21(37)36(15)25-22-16(11-13-35(25)26(38)17-6-4-5-12-28(17,2)27(39)40)18(29)8-9-20(22)41-14-19-23(24(30)31)34(3)33-32-19/h8-9,15,17,24-25H,4-7,10-14H2,1-3H3,(H,39,40)/t15-,17-,25+,28-/m0/s1. The van der Waals surface area contributed by atoms with E-state index in [1.807, 2.05) is 6.92 Å². The van der Waals surface area contributed by atoms with Crippen LogP contribution in [-0.4, -0.2) is 60.3 Å². The zero-order chi connectivity index (χ0) is 29.6. The quantitative estimate of drug-likeness (QED) is 0.496. The number of ether oxygens (including phenoxy) is 1. The maximum atomic E-state index is 14.3. The highest BCUT2D eigenvalue weighted by Gasteiger charge is 2.51. The highest BCUT2D eigenvalue weighted by atomic mass is 35.5. The Morgan fingerprint density at radius 1 is 1.24 bits per heavy atom. The number of benzene rings is 1. The Kier molecular flexibility index (Phi) is 7.97. The maximum absolute atomic E-state index is 14.3. The fourth-order valence-electron chi connectivity index (χ4n) is 6.64. The zero-order valence-electron chi connectivity index (χ0n) is 23.3. The van der Waals surface area contributed by atoms with Crippen LogP contribution >= 0.6 is 11.6 Å². The van der Waals surface area contributed by atoms with Crippen LogP contribution in [0.2, 0.25) is 5.02 Å². The summed E-state index contributed by atoms with van der Waals surface area (Å²) in [5.41, 5.74) is -0.421. The molecule has 0 radical (unpaired) electrons. The molecule has 2 fully saturated rings. The second-order valence-corrected chi connectivity index (χ2v) is 11.8. The Hall–Kier alpha value is -3.28. The Labute approximate surface area is 241 Å². The summed E-state index contributed by atoms with van der Waals surface area (Å²) in [6.07, 6.45) is -0.169. The third-order valence-corrected chi connectivity index (χ3v) is 9.37. The lowest BCUT2D eigenvalue weighted by Crippen LogP contribution is -2.55.